The average Bonchev–Trinajstić information content (AvgIpc) is 2.41. The molecule has 0 saturated heterocycles. The van der Waals surface area contributed by atoms with Crippen LogP contribution in [-0.2, 0) is 4.74 Å². The molecule has 0 amide bonds. The van der Waals surface area contributed by atoms with E-state index in [2.05, 4.69) is 0 Å². The maximum atomic E-state index is 10.4. The van der Waals surface area contributed by atoms with Gasteiger partial charge in [-0.1, -0.05) is 60.2 Å². The van der Waals surface area contributed by atoms with Gasteiger partial charge in [0.25, 0.3) is 0 Å². The van der Waals surface area contributed by atoms with Crippen molar-refractivity contribution < 1.29 is 9.84 Å². The van der Waals surface area contributed by atoms with Crippen molar-refractivity contribution in [2.75, 3.05) is 7.11 Å². The van der Waals surface area contributed by atoms with Crippen molar-refractivity contribution in [2.24, 2.45) is 0 Å². The number of ether oxygens (including phenoxy) is 1. The van der Waals surface area contributed by atoms with Crippen LogP contribution >= 0.6 is 0 Å². The largest absolute Gasteiger partial charge is 0.385 e. The lowest BCUT2D eigenvalue weighted by Crippen LogP contribution is -2.12. The molecule has 0 aliphatic rings. The number of rotatable bonds is 4. The Morgan fingerprint density at radius 2 is 1.50 bits per heavy atom. The van der Waals surface area contributed by atoms with Gasteiger partial charge in [0.15, 0.2) is 0 Å². The number of aliphatic hydroxyl groups excluding tert-OH is 1. The molecular weight excluding hydrogens is 224 g/mol. The SMILES string of the molecule is COC(c1ccccc1)C(O)c1ccc(C)cc1. The third-order valence-electron chi connectivity index (χ3n) is 3.09. The van der Waals surface area contributed by atoms with E-state index in [4.69, 9.17) is 4.74 Å². The Morgan fingerprint density at radius 3 is 2.06 bits per heavy atom. The standard InChI is InChI=1S/C16H18O2/c1-12-8-10-13(11-9-12)15(17)16(18-2)14-6-4-3-5-7-14/h3-11,15-17H,1-2H3. The fourth-order valence-electron chi connectivity index (χ4n) is 2.03. The molecule has 94 valence electrons. The lowest BCUT2D eigenvalue weighted by atomic mass is 9.97. The second-order valence-electron chi connectivity index (χ2n) is 4.42. The minimum atomic E-state index is -0.655. The summed E-state index contributed by atoms with van der Waals surface area (Å²) in [5.74, 6) is 0. The summed E-state index contributed by atoms with van der Waals surface area (Å²) >= 11 is 0. The topological polar surface area (TPSA) is 29.5 Å². The van der Waals surface area contributed by atoms with Crippen LogP contribution in [-0.4, -0.2) is 12.2 Å². The molecule has 2 heteroatoms. The second kappa shape index (κ2) is 5.80. The van der Waals surface area contributed by atoms with Crippen molar-refractivity contribution in [2.45, 2.75) is 19.1 Å². The first kappa shape index (κ1) is 12.8. The van der Waals surface area contributed by atoms with Crippen LogP contribution in [0.5, 0.6) is 0 Å². The van der Waals surface area contributed by atoms with Crippen molar-refractivity contribution >= 4 is 0 Å². The highest BCUT2D eigenvalue weighted by atomic mass is 16.5. The van der Waals surface area contributed by atoms with Crippen molar-refractivity contribution in [1.82, 2.24) is 0 Å². The van der Waals surface area contributed by atoms with Crippen molar-refractivity contribution in [3.8, 4) is 0 Å². The Labute approximate surface area is 108 Å². The summed E-state index contributed by atoms with van der Waals surface area (Å²) in [7, 11) is 1.62. The molecule has 0 heterocycles. The number of aliphatic hydroxyl groups is 1. The summed E-state index contributed by atoms with van der Waals surface area (Å²) in [6.07, 6.45) is -0.994. The van der Waals surface area contributed by atoms with Gasteiger partial charge in [0.05, 0.1) is 0 Å². The van der Waals surface area contributed by atoms with Crippen molar-refractivity contribution in [1.29, 1.82) is 0 Å². The van der Waals surface area contributed by atoms with Gasteiger partial charge in [0.1, 0.15) is 12.2 Å². The average molecular weight is 242 g/mol. The summed E-state index contributed by atoms with van der Waals surface area (Å²) in [6.45, 7) is 2.03. The maximum absolute atomic E-state index is 10.4. The molecule has 2 atom stereocenters. The van der Waals surface area contributed by atoms with Gasteiger partial charge >= 0.3 is 0 Å². The maximum Gasteiger partial charge on any atom is 0.112 e. The Morgan fingerprint density at radius 1 is 0.889 bits per heavy atom. The van der Waals surface area contributed by atoms with Crippen LogP contribution < -0.4 is 0 Å². The highest BCUT2D eigenvalue weighted by Crippen LogP contribution is 2.31. The minimum Gasteiger partial charge on any atom is -0.385 e. The van der Waals surface area contributed by atoms with Gasteiger partial charge in [-0.3, -0.25) is 0 Å². The van der Waals surface area contributed by atoms with E-state index in [0.29, 0.717) is 0 Å². The van der Waals surface area contributed by atoms with Crippen LogP contribution in [0.3, 0.4) is 0 Å². The summed E-state index contributed by atoms with van der Waals surface area (Å²) in [5, 5.41) is 10.4. The zero-order valence-corrected chi connectivity index (χ0v) is 10.7. The number of methoxy groups -OCH3 is 1. The monoisotopic (exact) mass is 242 g/mol. The molecule has 0 spiro atoms. The summed E-state index contributed by atoms with van der Waals surface area (Å²) in [5.41, 5.74) is 3.03. The predicted octanol–water partition coefficient (Wildman–Crippen LogP) is 3.42. The van der Waals surface area contributed by atoms with Gasteiger partial charge in [0, 0.05) is 7.11 Å². The summed E-state index contributed by atoms with van der Waals surface area (Å²) < 4.78 is 5.43. The number of hydrogen-bond acceptors (Lipinski definition) is 2. The van der Waals surface area contributed by atoms with Crippen molar-refractivity contribution in [3.05, 3.63) is 71.3 Å². The Kier molecular flexibility index (Phi) is 4.13. The van der Waals surface area contributed by atoms with Crippen molar-refractivity contribution in [3.63, 3.8) is 0 Å². The lowest BCUT2D eigenvalue weighted by Gasteiger charge is -2.22. The van der Waals surface area contributed by atoms with Crippen LogP contribution in [0.15, 0.2) is 54.6 Å². The highest BCUT2D eigenvalue weighted by molar-refractivity contribution is 5.27. The fourth-order valence-corrected chi connectivity index (χ4v) is 2.03. The fraction of sp³-hybridized carbons (Fsp3) is 0.250. The molecule has 0 aliphatic carbocycles. The third kappa shape index (κ3) is 2.78. The zero-order valence-electron chi connectivity index (χ0n) is 10.7. The van der Waals surface area contributed by atoms with Crippen LogP contribution in [0, 0.1) is 6.92 Å². The number of benzene rings is 2. The molecule has 0 aromatic heterocycles. The second-order valence-corrected chi connectivity index (χ2v) is 4.42. The first-order chi connectivity index (χ1) is 8.72. The third-order valence-corrected chi connectivity index (χ3v) is 3.09. The molecule has 0 bridgehead atoms. The van der Waals surface area contributed by atoms with Gasteiger partial charge in [-0.05, 0) is 18.1 Å². The van der Waals surface area contributed by atoms with Crippen LogP contribution in [0.4, 0.5) is 0 Å². The van der Waals surface area contributed by atoms with Gasteiger partial charge in [-0.2, -0.15) is 0 Å². The molecule has 2 unspecified atom stereocenters. The summed E-state index contributed by atoms with van der Waals surface area (Å²) in [6, 6.07) is 17.6. The number of aryl methyl sites for hydroxylation is 1. The van der Waals surface area contributed by atoms with Gasteiger partial charge in [-0.25, -0.2) is 0 Å². The normalized spacial score (nSPS) is 14.2. The number of hydrogen-bond donors (Lipinski definition) is 1. The molecular formula is C16H18O2. The van der Waals surface area contributed by atoms with E-state index in [9.17, 15) is 5.11 Å². The van der Waals surface area contributed by atoms with Gasteiger partial charge in [0.2, 0.25) is 0 Å². The van der Waals surface area contributed by atoms with Gasteiger partial charge < -0.3 is 9.84 Å². The molecule has 2 aromatic carbocycles. The van der Waals surface area contributed by atoms with Crippen LogP contribution in [0.1, 0.15) is 28.9 Å². The molecule has 0 aliphatic heterocycles. The van der Waals surface area contributed by atoms with E-state index in [1.807, 2.05) is 61.5 Å². The van der Waals surface area contributed by atoms with E-state index in [1.165, 1.54) is 5.56 Å². The zero-order chi connectivity index (χ0) is 13.0. The van der Waals surface area contributed by atoms with E-state index < -0.39 is 6.10 Å². The lowest BCUT2D eigenvalue weighted by molar-refractivity contribution is -0.0149. The minimum absolute atomic E-state index is 0.339. The van der Waals surface area contributed by atoms with Gasteiger partial charge in [-0.15, -0.1) is 0 Å². The molecule has 2 nitrogen and oxygen atoms in total. The molecule has 0 fully saturated rings. The quantitative estimate of drug-likeness (QED) is 0.890. The van der Waals surface area contributed by atoms with Crippen LogP contribution in [0.25, 0.3) is 0 Å². The van der Waals surface area contributed by atoms with E-state index in [1.54, 1.807) is 7.11 Å². The Bertz CT molecular complexity index is 476. The Hall–Kier alpha value is -1.64. The van der Waals surface area contributed by atoms with Crippen LogP contribution in [0.2, 0.25) is 0 Å². The molecule has 2 aromatic rings. The Balaban J connectivity index is 2.25. The molecule has 0 radical (unpaired) electrons. The molecule has 2 rings (SSSR count). The molecule has 18 heavy (non-hydrogen) atoms. The van der Waals surface area contributed by atoms with E-state index >= 15 is 0 Å². The van der Waals surface area contributed by atoms with E-state index in [-0.39, 0.29) is 6.10 Å². The summed E-state index contributed by atoms with van der Waals surface area (Å²) in [4.78, 5) is 0. The first-order valence-corrected chi connectivity index (χ1v) is 6.04. The molecule has 0 saturated carbocycles. The predicted molar refractivity (Wildman–Crippen MR) is 72.3 cm³/mol. The highest BCUT2D eigenvalue weighted by Gasteiger charge is 2.21. The smallest absolute Gasteiger partial charge is 0.112 e. The van der Waals surface area contributed by atoms with E-state index in [0.717, 1.165) is 11.1 Å². The first-order valence-electron chi connectivity index (χ1n) is 6.04. The molecule has 1 N–H and O–H groups in total.